The van der Waals surface area contributed by atoms with Crippen molar-refractivity contribution in [3.63, 3.8) is 0 Å². The maximum atomic E-state index is 5.56. The molecule has 6 heteroatoms. The van der Waals surface area contributed by atoms with Gasteiger partial charge in [0.1, 0.15) is 12.1 Å². The SMILES string of the molecule is Cc1nn(C)cc1[C@H](C)Nc1cc(CN)ncn1. The van der Waals surface area contributed by atoms with Crippen molar-refractivity contribution >= 4 is 5.82 Å². The number of nitrogens with two attached hydrogens (primary N) is 1. The van der Waals surface area contributed by atoms with Gasteiger partial charge >= 0.3 is 0 Å². The minimum atomic E-state index is 0.138. The van der Waals surface area contributed by atoms with Crippen LogP contribution in [0.5, 0.6) is 0 Å². The van der Waals surface area contributed by atoms with Gasteiger partial charge in [0.25, 0.3) is 0 Å². The summed E-state index contributed by atoms with van der Waals surface area (Å²) in [7, 11) is 1.92. The summed E-state index contributed by atoms with van der Waals surface area (Å²) in [6, 6.07) is 2.00. The molecule has 0 aromatic carbocycles. The molecule has 3 N–H and O–H groups in total. The minimum absolute atomic E-state index is 0.138. The predicted molar refractivity (Wildman–Crippen MR) is 69.9 cm³/mol. The zero-order chi connectivity index (χ0) is 13.1. The Bertz CT molecular complexity index is 533. The van der Waals surface area contributed by atoms with Crippen molar-refractivity contribution < 1.29 is 0 Å². The van der Waals surface area contributed by atoms with Crippen LogP contribution in [-0.2, 0) is 13.6 Å². The monoisotopic (exact) mass is 246 g/mol. The second-order valence-corrected chi connectivity index (χ2v) is 4.31. The Morgan fingerprint density at radius 1 is 1.44 bits per heavy atom. The summed E-state index contributed by atoms with van der Waals surface area (Å²) in [4.78, 5) is 8.25. The summed E-state index contributed by atoms with van der Waals surface area (Å²) >= 11 is 0. The number of aryl methyl sites for hydroxylation is 2. The zero-order valence-electron chi connectivity index (χ0n) is 10.9. The van der Waals surface area contributed by atoms with E-state index in [1.165, 1.54) is 6.33 Å². The Morgan fingerprint density at radius 2 is 2.22 bits per heavy atom. The molecule has 2 aromatic rings. The average Bonchev–Trinajstić information content (AvgIpc) is 2.69. The number of hydrogen-bond donors (Lipinski definition) is 2. The smallest absolute Gasteiger partial charge is 0.130 e. The average molecular weight is 246 g/mol. The van der Waals surface area contributed by atoms with E-state index in [-0.39, 0.29) is 6.04 Å². The largest absolute Gasteiger partial charge is 0.363 e. The van der Waals surface area contributed by atoms with Gasteiger partial charge in [0.15, 0.2) is 0 Å². The summed E-state index contributed by atoms with van der Waals surface area (Å²) in [5.41, 5.74) is 8.56. The molecule has 1 atom stereocenters. The Hall–Kier alpha value is -1.95. The first-order valence-corrected chi connectivity index (χ1v) is 5.88. The highest BCUT2D eigenvalue weighted by Gasteiger charge is 2.12. The molecule has 0 aliphatic carbocycles. The number of aromatic nitrogens is 4. The highest BCUT2D eigenvalue weighted by atomic mass is 15.3. The van der Waals surface area contributed by atoms with Gasteiger partial charge in [0.2, 0.25) is 0 Å². The van der Waals surface area contributed by atoms with Crippen LogP contribution >= 0.6 is 0 Å². The number of nitrogens with zero attached hydrogens (tertiary/aromatic N) is 4. The van der Waals surface area contributed by atoms with Gasteiger partial charge in [-0.25, -0.2) is 9.97 Å². The third kappa shape index (κ3) is 2.65. The van der Waals surface area contributed by atoms with E-state index in [4.69, 9.17) is 5.73 Å². The second kappa shape index (κ2) is 5.14. The molecular weight excluding hydrogens is 228 g/mol. The maximum absolute atomic E-state index is 5.56. The number of anilines is 1. The maximum Gasteiger partial charge on any atom is 0.130 e. The number of rotatable bonds is 4. The molecule has 2 heterocycles. The first-order valence-electron chi connectivity index (χ1n) is 5.88. The molecule has 18 heavy (non-hydrogen) atoms. The Morgan fingerprint density at radius 3 is 2.83 bits per heavy atom. The third-order valence-corrected chi connectivity index (χ3v) is 2.82. The molecule has 2 rings (SSSR count). The zero-order valence-corrected chi connectivity index (χ0v) is 10.9. The van der Waals surface area contributed by atoms with Crippen LogP contribution in [0.15, 0.2) is 18.6 Å². The lowest BCUT2D eigenvalue weighted by atomic mass is 10.1. The van der Waals surface area contributed by atoms with Crippen LogP contribution in [0.25, 0.3) is 0 Å². The Labute approximate surface area is 106 Å². The van der Waals surface area contributed by atoms with E-state index in [0.717, 1.165) is 22.8 Å². The fourth-order valence-corrected chi connectivity index (χ4v) is 1.93. The van der Waals surface area contributed by atoms with Gasteiger partial charge in [-0.3, -0.25) is 4.68 Å². The fraction of sp³-hybridized carbons (Fsp3) is 0.417. The van der Waals surface area contributed by atoms with E-state index >= 15 is 0 Å². The normalized spacial score (nSPS) is 12.4. The molecule has 0 saturated heterocycles. The Kier molecular flexibility index (Phi) is 3.57. The van der Waals surface area contributed by atoms with Crippen LogP contribution in [0.4, 0.5) is 5.82 Å². The van der Waals surface area contributed by atoms with Gasteiger partial charge in [-0.2, -0.15) is 5.10 Å². The van der Waals surface area contributed by atoms with Crippen molar-refractivity contribution in [1.82, 2.24) is 19.7 Å². The number of hydrogen-bond acceptors (Lipinski definition) is 5. The van der Waals surface area contributed by atoms with E-state index in [9.17, 15) is 0 Å². The predicted octanol–water partition coefficient (Wildman–Crippen LogP) is 1.15. The van der Waals surface area contributed by atoms with Crippen molar-refractivity contribution in [2.45, 2.75) is 26.4 Å². The van der Waals surface area contributed by atoms with Gasteiger partial charge in [0.05, 0.1) is 17.4 Å². The molecule has 0 aliphatic heterocycles. The first-order chi connectivity index (χ1) is 8.60. The molecule has 6 nitrogen and oxygen atoms in total. The Balaban J connectivity index is 2.15. The summed E-state index contributed by atoms with van der Waals surface area (Å²) in [5, 5.41) is 7.66. The van der Waals surface area contributed by atoms with Gasteiger partial charge in [-0.05, 0) is 13.8 Å². The molecule has 0 saturated carbocycles. The van der Waals surface area contributed by atoms with E-state index in [1.807, 2.05) is 30.9 Å². The van der Waals surface area contributed by atoms with Crippen LogP contribution in [0, 0.1) is 6.92 Å². The molecule has 0 radical (unpaired) electrons. The summed E-state index contributed by atoms with van der Waals surface area (Å²) < 4.78 is 1.81. The molecule has 96 valence electrons. The first kappa shape index (κ1) is 12.5. The highest BCUT2D eigenvalue weighted by Crippen LogP contribution is 2.20. The molecule has 0 spiro atoms. The lowest BCUT2D eigenvalue weighted by molar-refractivity contribution is 0.756. The number of nitrogens with one attached hydrogen (secondary N) is 1. The van der Waals surface area contributed by atoms with E-state index in [1.54, 1.807) is 0 Å². The van der Waals surface area contributed by atoms with E-state index in [0.29, 0.717) is 6.54 Å². The van der Waals surface area contributed by atoms with Crippen molar-refractivity contribution in [1.29, 1.82) is 0 Å². The van der Waals surface area contributed by atoms with E-state index < -0.39 is 0 Å². The van der Waals surface area contributed by atoms with Crippen molar-refractivity contribution in [3.8, 4) is 0 Å². The van der Waals surface area contributed by atoms with Crippen molar-refractivity contribution in [2.24, 2.45) is 12.8 Å². The van der Waals surface area contributed by atoms with Gasteiger partial charge in [0, 0.05) is 31.4 Å². The third-order valence-electron chi connectivity index (χ3n) is 2.82. The lowest BCUT2D eigenvalue weighted by Crippen LogP contribution is -2.10. The quantitative estimate of drug-likeness (QED) is 0.845. The molecule has 0 amide bonds. The fourth-order valence-electron chi connectivity index (χ4n) is 1.93. The van der Waals surface area contributed by atoms with Crippen LogP contribution in [-0.4, -0.2) is 19.7 Å². The van der Waals surface area contributed by atoms with E-state index in [2.05, 4.69) is 27.3 Å². The summed E-state index contributed by atoms with van der Waals surface area (Å²) in [5.74, 6) is 0.779. The van der Waals surface area contributed by atoms with Crippen LogP contribution < -0.4 is 11.1 Å². The minimum Gasteiger partial charge on any atom is -0.363 e. The molecule has 2 aromatic heterocycles. The molecular formula is C12H18N6. The molecule has 0 unspecified atom stereocenters. The van der Waals surface area contributed by atoms with Gasteiger partial charge in [-0.15, -0.1) is 0 Å². The second-order valence-electron chi connectivity index (χ2n) is 4.31. The lowest BCUT2D eigenvalue weighted by Gasteiger charge is -2.14. The van der Waals surface area contributed by atoms with Crippen molar-refractivity contribution in [2.75, 3.05) is 5.32 Å². The molecule has 0 bridgehead atoms. The topological polar surface area (TPSA) is 81.7 Å². The standard InChI is InChI=1S/C12H18N6/c1-8(11-6-18(3)17-9(11)2)16-12-4-10(5-13)14-7-15-12/h4,6-8H,5,13H2,1-3H3,(H,14,15,16)/t8-/m0/s1. The van der Waals surface area contributed by atoms with Gasteiger partial charge < -0.3 is 11.1 Å². The molecule has 0 fully saturated rings. The van der Waals surface area contributed by atoms with Crippen LogP contribution in [0.1, 0.15) is 29.9 Å². The summed E-state index contributed by atoms with van der Waals surface area (Å²) in [6.45, 7) is 4.49. The van der Waals surface area contributed by atoms with Gasteiger partial charge in [-0.1, -0.05) is 0 Å². The van der Waals surface area contributed by atoms with Crippen LogP contribution in [0.3, 0.4) is 0 Å². The van der Waals surface area contributed by atoms with Crippen molar-refractivity contribution in [3.05, 3.63) is 35.5 Å². The summed E-state index contributed by atoms with van der Waals surface area (Å²) in [6.07, 6.45) is 3.53. The van der Waals surface area contributed by atoms with Crippen LogP contribution in [0.2, 0.25) is 0 Å². The highest BCUT2D eigenvalue weighted by molar-refractivity contribution is 5.38. The molecule has 0 aliphatic rings.